The molecule has 1 saturated heterocycles. The smallest absolute Gasteiger partial charge is 0.251 e. The predicted molar refractivity (Wildman–Crippen MR) is 72.3 cm³/mol. The fourth-order valence-electron chi connectivity index (χ4n) is 2.48. The van der Waals surface area contributed by atoms with Crippen molar-refractivity contribution in [2.75, 3.05) is 20.1 Å². The number of hydrogen-bond acceptors (Lipinski definition) is 4. The van der Waals surface area contributed by atoms with Crippen molar-refractivity contribution in [2.45, 2.75) is 19.4 Å². The largest absolute Gasteiger partial charge is 0.504 e. The van der Waals surface area contributed by atoms with Gasteiger partial charge in [-0.2, -0.15) is 0 Å². The summed E-state index contributed by atoms with van der Waals surface area (Å²) in [5.74, 6) is -0.307. The van der Waals surface area contributed by atoms with Crippen molar-refractivity contribution < 1.29 is 15.0 Å². The van der Waals surface area contributed by atoms with E-state index >= 15 is 0 Å². The summed E-state index contributed by atoms with van der Waals surface area (Å²) in [7, 11) is 2.08. The highest BCUT2D eigenvalue weighted by Crippen LogP contribution is 2.25. The van der Waals surface area contributed by atoms with Gasteiger partial charge in [-0.3, -0.25) is 4.79 Å². The Balaban J connectivity index is 2.02. The molecule has 2 atom stereocenters. The number of phenols is 2. The van der Waals surface area contributed by atoms with Crippen molar-refractivity contribution in [2.24, 2.45) is 5.92 Å². The summed E-state index contributed by atoms with van der Waals surface area (Å²) in [5.41, 5.74) is 0.362. The summed E-state index contributed by atoms with van der Waals surface area (Å²) >= 11 is 0. The van der Waals surface area contributed by atoms with Crippen LogP contribution in [0, 0.1) is 5.92 Å². The Bertz CT molecular complexity index is 476. The number of likely N-dealkylation sites (tertiary alicyclic amines) is 1. The number of carbonyl (C=O) groups is 1. The van der Waals surface area contributed by atoms with Gasteiger partial charge >= 0.3 is 0 Å². The number of rotatable bonds is 2. The molecule has 1 aromatic rings. The Hall–Kier alpha value is -1.75. The number of phenolic OH excluding ortho intramolecular Hbond substituents is 2. The first-order chi connectivity index (χ1) is 8.97. The summed E-state index contributed by atoms with van der Waals surface area (Å²) in [6.45, 7) is 4.05. The molecule has 1 aliphatic rings. The fourth-order valence-corrected chi connectivity index (χ4v) is 2.48. The van der Waals surface area contributed by atoms with Crippen LogP contribution in [-0.4, -0.2) is 47.2 Å². The zero-order chi connectivity index (χ0) is 14.0. The van der Waals surface area contributed by atoms with Gasteiger partial charge in [0.05, 0.1) is 0 Å². The second-order valence-electron chi connectivity index (χ2n) is 5.31. The van der Waals surface area contributed by atoms with Gasteiger partial charge in [-0.05, 0) is 44.1 Å². The maximum Gasteiger partial charge on any atom is 0.251 e. The van der Waals surface area contributed by atoms with E-state index in [0.717, 1.165) is 19.5 Å². The fraction of sp³-hybridized carbons (Fsp3) is 0.500. The molecule has 104 valence electrons. The number of nitrogens with one attached hydrogen (secondary N) is 1. The normalized spacial score (nSPS) is 24.1. The quantitative estimate of drug-likeness (QED) is 0.701. The van der Waals surface area contributed by atoms with Crippen molar-refractivity contribution >= 4 is 5.91 Å². The Kier molecular flexibility index (Phi) is 3.95. The Morgan fingerprint density at radius 1 is 1.37 bits per heavy atom. The van der Waals surface area contributed by atoms with Crippen molar-refractivity contribution in [3.8, 4) is 11.5 Å². The van der Waals surface area contributed by atoms with E-state index < -0.39 is 0 Å². The van der Waals surface area contributed by atoms with Crippen molar-refractivity contribution in [3.63, 3.8) is 0 Å². The molecule has 19 heavy (non-hydrogen) atoms. The van der Waals surface area contributed by atoms with Crippen LogP contribution in [0.5, 0.6) is 11.5 Å². The van der Waals surface area contributed by atoms with E-state index in [2.05, 4.69) is 24.2 Å². The summed E-state index contributed by atoms with van der Waals surface area (Å²) in [6.07, 6.45) is 0.924. The minimum Gasteiger partial charge on any atom is -0.504 e. The molecule has 5 nitrogen and oxygen atoms in total. The van der Waals surface area contributed by atoms with E-state index in [1.807, 2.05) is 0 Å². The van der Waals surface area contributed by atoms with Gasteiger partial charge in [-0.1, -0.05) is 6.92 Å². The van der Waals surface area contributed by atoms with E-state index in [4.69, 9.17) is 0 Å². The molecule has 1 aromatic carbocycles. The van der Waals surface area contributed by atoms with Crippen LogP contribution in [0.15, 0.2) is 18.2 Å². The maximum atomic E-state index is 12.1. The van der Waals surface area contributed by atoms with E-state index in [9.17, 15) is 15.0 Å². The molecule has 0 radical (unpaired) electrons. The minimum absolute atomic E-state index is 0.152. The molecule has 0 bridgehead atoms. The molecule has 2 unspecified atom stereocenters. The summed E-state index contributed by atoms with van der Waals surface area (Å²) in [6, 6.07) is 4.26. The molecule has 0 aromatic heterocycles. The zero-order valence-electron chi connectivity index (χ0n) is 11.3. The lowest BCUT2D eigenvalue weighted by Gasteiger charge is -2.35. The van der Waals surface area contributed by atoms with Crippen molar-refractivity contribution in [1.29, 1.82) is 0 Å². The van der Waals surface area contributed by atoms with Gasteiger partial charge < -0.3 is 20.4 Å². The number of amides is 1. The first kappa shape index (κ1) is 13.7. The number of nitrogens with zero attached hydrogens (tertiary/aromatic N) is 1. The Labute approximate surface area is 112 Å². The molecular formula is C14H20N2O3. The van der Waals surface area contributed by atoms with Crippen LogP contribution >= 0.6 is 0 Å². The number of piperidine rings is 1. The summed E-state index contributed by atoms with van der Waals surface area (Å²) in [4.78, 5) is 14.3. The molecule has 2 rings (SSSR count). The molecular weight excluding hydrogens is 244 g/mol. The van der Waals surface area contributed by atoms with Crippen molar-refractivity contribution in [3.05, 3.63) is 23.8 Å². The second-order valence-corrected chi connectivity index (χ2v) is 5.31. The standard InChI is InChI=1S/C14H20N2O3/c1-9-8-16(2)6-5-11(9)15-14(19)10-3-4-12(17)13(18)7-10/h3-4,7,9,11,17-18H,5-6,8H2,1-2H3,(H,15,19). The van der Waals surface area contributed by atoms with E-state index in [1.54, 1.807) is 0 Å². The molecule has 0 aliphatic carbocycles. The van der Waals surface area contributed by atoms with Crippen molar-refractivity contribution in [1.82, 2.24) is 10.2 Å². The van der Waals surface area contributed by atoms with Gasteiger partial charge in [0.1, 0.15) is 0 Å². The first-order valence-electron chi connectivity index (χ1n) is 6.48. The first-order valence-corrected chi connectivity index (χ1v) is 6.48. The van der Waals surface area contributed by atoms with E-state index in [1.165, 1.54) is 18.2 Å². The molecule has 3 N–H and O–H groups in total. The number of hydrogen-bond donors (Lipinski definition) is 3. The van der Waals surface area contributed by atoms with Crippen LogP contribution in [-0.2, 0) is 0 Å². The van der Waals surface area contributed by atoms with E-state index in [-0.39, 0.29) is 23.4 Å². The molecule has 1 aliphatic heterocycles. The number of aromatic hydroxyl groups is 2. The maximum absolute atomic E-state index is 12.1. The van der Waals surface area contributed by atoms with Crippen LogP contribution in [0.1, 0.15) is 23.7 Å². The lowest BCUT2D eigenvalue weighted by Crippen LogP contribution is -2.48. The van der Waals surface area contributed by atoms with E-state index in [0.29, 0.717) is 11.5 Å². The average molecular weight is 264 g/mol. The van der Waals surface area contributed by atoms with Crippen LogP contribution in [0.3, 0.4) is 0 Å². The summed E-state index contributed by atoms with van der Waals surface area (Å²) in [5, 5.41) is 21.6. The zero-order valence-corrected chi connectivity index (χ0v) is 11.3. The van der Waals surface area contributed by atoms with Gasteiger partial charge in [0.25, 0.3) is 5.91 Å². The number of benzene rings is 1. The van der Waals surface area contributed by atoms with Gasteiger partial charge in [0.15, 0.2) is 11.5 Å². The van der Waals surface area contributed by atoms with Crippen LogP contribution in [0.4, 0.5) is 0 Å². The van der Waals surface area contributed by atoms with Gasteiger partial charge in [-0.15, -0.1) is 0 Å². The van der Waals surface area contributed by atoms with Crippen LogP contribution < -0.4 is 5.32 Å². The third kappa shape index (κ3) is 3.17. The monoisotopic (exact) mass is 264 g/mol. The highest BCUT2D eigenvalue weighted by atomic mass is 16.3. The Morgan fingerprint density at radius 2 is 2.11 bits per heavy atom. The molecule has 5 heteroatoms. The molecule has 0 spiro atoms. The van der Waals surface area contributed by atoms with Crippen LogP contribution in [0.25, 0.3) is 0 Å². The topological polar surface area (TPSA) is 72.8 Å². The third-order valence-corrected chi connectivity index (χ3v) is 3.66. The molecule has 0 saturated carbocycles. The highest BCUT2D eigenvalue weighted by molar-refractivity contribution is 5.95. The third-order valence-electron chi connectivity index (χ3n) is 3.66. The van der Waals surface area contributed by atoms with Gasteiger partial charge in [0, 0.05) is 18.2 Å². The lowest BCUT2D eigenvalue weighted by molar-refractivity contribution is 0.0883. The highest BCUT2D eigenvalue weighted by Gasteiger charge is 2.25. The minimum atomic E-state index is -0.274. The Morgan fingerprint density at radius 3 is 2.74 bits per heavy atom. The van der Waals surface area contributed by atoms with Crippen LogP contribution in [0.2, 0.25) is 0 Å². The second kappa shape index (κ2) is 5.48. The van der Waals surface area contributed by atoms with Gasteiger partial charge in [0.2, 0.25) is 0 Å². The molecule has 1 heterocycles. The SMILES string of the molecule is CC1CN(C)CCC1NC(=O)c1ccc(O)c(O)c1. The molecule has 1 fully saturated rings. The summed E-state index contributed by atoms with van der Waals surface area (Å²) < 4.78 is 0. The molecule has 1 amide bonds. The lowest BCUT2D eigenvalue weighted by atomic mass is 9.94. The average Bonchev–Trinajstić information content (AvgIpc) is 2.36. The van der Waals surface area contributed by atoms with Gasteiger partial charge in [-0.25, -0.2) is 0 Å². The number of carbonyl (C=O) groups excluding carboxylic acids is 1. The predicted octanol–water partition coefficient (Wildman–Crippen LogP) is 1.17.